The largest absolute Gasteiger partial charge is 0.481 e. The zero-order valence-corrected chi connectivity index (χ0v) is 11.2. The quantitative estimate of drug-likeness (QED) is 0.796. The Morgan fingerprint density at radius 2 is 2.11 bits per heavy atom. The standard InChI is InChI=1S/C13H20N2O4/c1-2-13(12(18)19)5-7-15(9-13)11(17)8-14-6-3-4-10(14)16/h2-9H2,1H3,(H,18,19). The summed E-state index contributed by atoms with van der Waals surface area (Å²) in [7, 11) is 0. The Hall–Kier alpha value is -1.59. The van der Waals surface area contributed by atoms with Gasteiger partial charge in [0.2, 0.25) is 11.8 Å². The third-order valence-electron chi connectivity index (χ3n) is 4.33. The van der Waals surface area contributed by atoms with Crippen LogP contribution in [-0.2, 0) is 14.4 Å². The first kappa shape index (κ1) is 13.8. The summed E-state index contributed by atoms with van der Waals surface area (Å²) in [5, 5.41) is 9.29. The van der Waals surface area contributed by atoms with Gasteiger partial charge in [0.15, 0.2) is 0 Å². The summed E-state index contributed by atoms with van der Waals surface area (Å²) in [5.74, 6) is -0.943. The van der Waals surface area contributed by atoms with Crippen LogP contribution < -0.4 is 0 Å². The number of carbonyl (C=O) groups is 3. The van der Waals surface area contributed by atoms with E-state index in [-0.39, 0.29) is 24.9 Å². The lowest BCUT2D eigenvalue weighted by molar-refractivity contribution is -0.149. The predicted octanol–water partition coefficient (Wildman–Crippen LogP) is 0.322. The maximum absolute atomic E-state index is 12.1. The third kappa shape index (κ3) is 2.57. The lowest BCUT2D eigenvalue weighted by Gasteiger charge is -2.24. The van der Waals surface area contributed by atoms with Crippen LogP contribution in [0, 0.1) is 5.41 Å². The van der Waals surface area contributed by atoms with Crippen molar-refractivity contribution >= 4 is 17.8 Å². The van der Waals surface area contributed by atoms with Gasteiger partial charge in [0.05, 0.1) is 12.0 Å². The number of rotatable bonds is 4. The molecule has 1 N–H and O–H groups in total. The Labute approximate surface area is 112 Å². The summed E-state index contributed by atoms with van der Waals surface area (Å²) in [6.07, 6.45) is 2.34. The monoisotopic (exact) mass is 268 g/mol. The summed E-state index contributed by atoms with van der Waals surface area (Å²) in [6, 6.07) is 0. The minimum absolute atomic E-state index is 0.0209. The van der Waals surface area contributed by atoms with Crippen molar-refractivity contribution in [3.05, 3.63) is 0 Å². The molecule has 0 bridgehead atoms. The molecule has 2 heterocycles. The maximum atomic E-state index is 12.1. The molecule has 2 fully saturated rings. The van der Waals surface area contributed by atoms with Crippen LogP contribution in [0.15, 0.2) is 0 Å². The average molecular weight is 268 g/mol. The van der Waals surface area contributed by atoms with Gasteiger partial charge in [0, 0.05) is 26.1 Å². The van der Waals surface area contributed by atoms with Crippen molar-refractivity contribution in [2.24, 2.45) is 5.41 Å². The van der Waals surface area contributed by atoms with E-state index in [1.807, 2.05) is 6.92 Å². The van der Waals surface area contributed by atoms with E-state index in [9.17, 15) is 19.5 Å². The molecule has 2 aliphatic rings. The van der Waals surface area contributed by atoms with E-state index in [4.69, 9.17) is 0 Å². The maximum Gasteiger partial charge on any atom is 0.311 e. The van der Waals surface area contributed by atoms with Gasteiger partial charge >= 0.3 is 5.97 Å². The van der Waals surface area contributed by atoms with Gasteiger partial charge in [-0.25, -0.2) is 0 Å². The number of aliphatic carboxylic acids is 1. The number of carboxylic acids is 1. The highest BCUT2D eigenvalue weighted by Gasteiger charge is 2.45. The molecule has 1 atom stereocenters. The fourth-order valence-corrected chi connectivity index (χ4v) is 2.83. The van der Waals surface area contributed by atoms with Crippen LogP contribution in [0.25, 0.3) is 0 Å². The Morgan fingerprint density at radius 3 is 2.58 bits per heavy atom. The van der Waals surface area contributed by atoms with Crippen molar-refractivity contribution in [1.29, 1.82) is 0 Å². The van der Waals surface area contributed by atoms with Crippen molar-refractivity contribution in [1.82, 2.24) is 9.80 Å². The summed E-state index contributed by atoms with van der Waals surface area (Å²) in [4.78, 5) is 38.1. The molecule has 0 radical (unpaired) electrons. The summed E-state index contributed by atoms with van der Waals surface area (Å²) >= 11 is 0. The molecular weight excluding hydrogens is 248 g/mol. The van der Waals surface area contributed by atoms with Gasteiger partial charge in [0.1, 0.15) is 0 Å². The van der Waals surface area contributed by atoms with E-state index in [0.29, 0.717) is 32.4 Å². The summed E-state index contributed by atoms with van der Waals surface area (Å²) < 4.78 is 0. The van der Waals surface area contributed by atoms with Crippen LogP contribution in [0.2, 0.25) is 0 Å². The zero-order valence-electron chi connectivity index (χ0n) is 11.2. The number of hydrogen-bond donors (Lipinski definition) is 1. The van der Waals surface area contributed by atoms with E-state index in [1.54, 1.807) is 9.80 Å². The van der Waals surface area contributed by atoms with Crippen LogP contribution >= 0.6 is 0 Å². The van der Waals surface area contributed by atoms with E-state index >= 15 is 0 Å². The van der Waals surface area contributed by atoms with Gasteiger partial charge in [-0.1, -0.05) is 6.92 Å². The number of likely N-dealkylation sites (tertiary alicyclic amines) is 2. The Balaban J connectivity index is 1.95. The zero-order chi connectivity index (χ0) is 14.0. The minimum atomic E-state index is -0.831. The summed E-state index contributed by atoms with van der Waals surface area (Å²) in [6.45, 7) is 3.31. The SMILES string of the molecule is CCC1(C(=O)O)CCN(C(=O)CN2CCCC2=O)C1. The highest BCUT2D eigenvalue weighted by Crippen LogP contribution is 2.34. The second-order valence-corrected chi connectivity index (χ2v) is 5.42. The number of amides is 2. The van der Waals surface area contributed by atoms with Gasteiger partial charge in [-0.3, -0.25) is 14.4 Å². The Bertz CT molecular complexity index is 409. The molecule has 2 rings (SSSR count). The molecule has 2 saturated heterocycles. The molecule has 106 valence electrons. The van der Waals surface area contributed by atoms with Crippen LogP contribution in [0.4, 0.5) is 0 Å². The van der Waals surface area contributed by atoms with Crippen molar-refractivity contribution in [3.8, 4) is 0 Å². The van der Waals surface area contributed by atoms with Crippen LogP contribution in [0.1, 0.15) is 32.6 Å². The highest BCUT2D eigenvalue weighted by atomic mass is 16.4. The number of nitrogens with zero attached hydrogens (tertiary/aromatic N) is 2. The van der Waals surface area contributed by atoms with Gasteiger partial charge < -0.3 is 14.9 Å². The van der Waals surface area contributed by atoms with Crippen molar-refractivity contribution in [2.75, 3.05) is 26.2 Å². The molecule has 6 heteroatoms. The molecule has 0 spiro atoms. The fraction of sp³-hybridized carbons (Fsp3) is 0.769. The lowest BCUT2D eigenvalue weighted by atomic mass is 9.84. The van der Waals surface area contributed by atoms with Crippen LogP contribution in [-0.4, -0.2) is 58.9 Å². The molecule has 0 aromatic heterocycles. The smallest absolute Gasteiger partial charge is 0.311 e. The molecule has 0 aromatic carbocycles. The van der Waals surface area contributed by atoms with Crippen molar-refractivity contribution in [3.63, 3.8) is 0 Å². The minimum Gasteiger partial charge on any atom is -0.481 e. The first-order valence-corrected chi connectivity index (χ1v) is 6.77. The molecule has 0 saturated carbocycles. The highest BCUT2D eigenvalue weighted by molar-refractivity contribution is 5.87. The molecule has 2 aliphatic heterocycles. The van der Waals surface area contributed by atoms with E-state index < -0.39 is 11.4 Å². The second kappa shape index (κ2) is 5.19. The van der Waals surface area contributed by atoms with Gasteiger partial charge in [0.25, 0.3) is 0 Å². The topological polar surface area (TPSA) is 77.9 Å². The number of hydrogen-bond acceptors (Lipinski definition) is 3. The predicted molar refractivity (Wildman–Crippen MR) is 67.4 cm³/mol. The van der Waals surface area contributed by atoms with E-state index in [1.165, 1.54) is 0 Å². The number of carbonyl (C=O) groups excluding carboxylic acids is 2. The molecular formula is C13H20N2O4. The van der Waals surface area contributed by atoms with Crippen molar-refractivity contribution in [2.45, 2.75) is 32.6 Å². The molecule has 2 amide bonds. The lowest BCUT2D eigenvalue weighted by Crippen LogP contribution is -2.42. The van der Waals surface area contributed by atoms with Gasteiger partial charge in [-0.05, 0) is 19.3 Å². The number of carboxylic acid groups (broad SMARTS) is 1. The third-order valence-corrected chi connectivity index (χ3v) is 4.33. The van der Waals surface area contributed by atoms with Crippen LogP contribution in [0.5, 0.6) is 0 Å². The van der Waals surface area contributed by atoms with Crippen LogP contribution in [0.3, 0.4) is 0 Å². The molecule has 19 heavy (non-hydrogen) atoms. The Kier molecular flexibility index (Phi) is 3.78. The molecule has 1 unspecified atom stereocenters. The normalized spacial score (nSPS) is 27.1. The first-order chi connectivity index (χ1) is 8.98. The molecule has 6 nitrogen and oxygen atoms in total. The first-order valence-electron chi connectivity index (χ1n) is 6.77. The average Bonchev–Trinajstić information content (AvgIpc) is 2.97. The molecule has 0 aromatic rings. The second-order valence-electron chi connectivity index (χ2n) is 5.42. The van der Waals surface area contributed by atoms with Gasteiger partial charge in [-0.2, -0.15) is 0 Å². The van der Waals surface area contributed by atoms with Gasteiger partial charge in [-0.15, -0.1) is 0 Å². The van der Waals surface area contributed by atoms with E-state index in [2.05, 4.69) is 0 Å². The Morgan fingerprint density at radius 1 is 1.37 bits per heavy atom. The van der Waals surface area contributed by atoms with E-state index in [0.717, 1.165) is 6.42 Å². The van der Waals surface area contributed by atoms with Crippen molar-refractivity contribution < 1.29 is 19.5 Å². The fourth-order valence-electron chi connectivity index (χ4n) is 2.83. The molecule has 0 aliphatic carbocycles. The summed E-state index contributed by atoms with van der Waals surface area (Å²) in [5.41, 5.74) is -0.801.